The fraction of sp³-hybridized carbons (Fsp3) is 0.541. The smallest absolute Gasteiger partial charge is 0.270 e. The van der Waals surface area contributed by atoms with E-state index in [-0.39, 0.29) is 36.5 Å². The zero-order valence-electron chi connectivity index (χ0n) is 30.5. The van der Waals surface area contributed by atoms with Crippen LogP contribution >= 0.6 is 0 Å². The first-order valence-corrected chi connectivity index (χ1v) is 20.0. The van der Waals surface area contributed by atoms with Gasteiger partial charge in [0.2, 0.25) is 27.7 Å². The molecule has 3 N–H and O–H groups in total. The number of carbonyl (C=O) groups excluding carboxylic acids is 4. The number of sulfonamides is 1. The van der Waals surface area contributed by atoms with Gasteiger partial charge >= 0.3 is 0 Å². The SMILES string of the molecule is CCc1nc2ccc(F)cc2nc1O[C@@H]1C[C@H]2C(=O)N[C@]3(C(=O)NS(=O)(=O)C4(C)CC4)CC3/C=C\CCCCC[C@H](NC(=O)c3ccnn3C)C(=O)N2C1. The largest absolute Gasteiger partial charge is 0.471 e. The summed E-state index contributed by atoms with van der Waals surface area (Å²) in [5.41, 5.74) is -0.0320. The van der Waals surface area contributed by atoms with E-state index in [4.69, 9.17) is 4.74 Å². The average Bonchev–Trinajstić information content (AvgIpc) is 3.93. The zero-order valence-corrected chi connectivity index (χ0v) is 31.3. The Balaban J connectivity index is 1.21. The maximum Gasteiger partial charge on any atom is 0.270 e. The van der Waals surface area contributed by atoms with Crippen molar-refractivity contribution in [1.29, 1.82) is 0 Å². The molecule has 15 nitrogen and oxygen atoms in total. The molecule has 54 heavy (non-hydrogen) atoms. The van der Waals surface area contributed by atoms with E-state index in [0.717, 1.165) is 12.8 Å². The predicted octanol–water partition coefficient (Wildman–Crippen LogP) is 2.61. The van der Waals surface area contributed by atoms with Gasteiger partial charge in [0.05, 0.1) is 22.3 Å². The van der Waals surface area contributed by atoms with Crippen LogP contribution in [0, 0.1) is 11.7 Å². The molecular weight excluding hydrogens is 720 g/mol. The van der Waals surface area contributed by atoms with E-state index in [9.17, 15) is 32.0 Å². The van der Waals surface area contributed by atoms with Gasteiger partial charge in [-0.3, -0.25) is 28.6 Å². The zero-order chi connectivity index (χ0) is 38.4. The number of nitrogens with zero attached hydrogens (tertiary/aromatic N) is 5. The molecule has 3 aromatic rings. The first-order chi connectivity index (χ1) is 25.7. The van der Waals surface area contributed by atoms with Gasteiger partial charge in [-0.2, -0.15) is 5.10 Å². The highest BCUT2D eigenvalue weighted by Gasteiger charge is 2.63. The van der Waals surface area contributed by atoms with Crippen molar-refractivity contribution in [2.45, 2.75) is 107 Å². The first kappa shape index (κ1) is 37.4. The van der Waals surface area contributed by atoms with Crippen LogP contribution in [0.1, 0.15) is 87.8 Å². The second kappa shape index (κ2) is 14.4. The molecule has 17 heteroatoms. The molecule has 0 radical (unpaired) electrons. The number of allylic oxidation sites excluding steroid dienone is 1. The number of hydrogen-bond donors (Lipinski definition) is 3. The molecule has 4 amide bonds. The van der Waals surface area contributed by atoms with Crippen LogP contribution < -0.4 is 20.1 Å². The lowest BCUT2D eigenvalue weighted by atomic mass is 10.0. The molecule has 4 aliphatic rings. The molecule has 1 aromatic carbocycles. The number of hydrogen-bond acceptors (Lipinski definition) is 10. The van der Waals surface area contributed by atoms with Gasteiger partial charge in [-0.25, -0.2) is 22.8 Å². The number of fused-ring (bicyclic) bond motifs is 3. The van der Waals surface area contributed by atoms with Gasteiger partial charge in [0, 0.05) is 31.6 Å². The topological polar surface area (TPSA) is 195 Å². The first-order valence-electron chi connectivity index (χ1n) is 18.5. The van der Waals surface area contributed by atoms with Gasteiger partial charge in [0.25, 0.3) is 11.8 Å². The van der Waals surface area contributed by atoms with Crippen LogP contribution in [0.5, 0.6) is 5.88 Å². The highest BCUT2D eigenvalue weighted by molar-refractivity contribution is 7.91. The van der Waals surface area contributed by atoms with Crippen molar-refractivity contribution >= 4 is 44.7 Å². The van der Waals surface area contributed by atoms with E-state index in [2.05, 4.69) is 30.4 Å². The highest BCUT2D eigenvalue weighted by Crippen LogP contribution is 2.47. The van der Waals surface area contributed by atoms with E-state index in [1.165, 1.54) is 40.0 Å². The minimum absolute atomic E-state index is 0.0133. The Morgan fingerprint density at radius 3 is 2.63 bits per heavy atom. The summed E-state index contributed by atoms with van der Waals surface area (Å²) in [6, 6.07) is 3.44. The Bertz CT molecular complexity index is 2140. The number of nitrogens with one attached hydrogen (secondary N) is 3. The van der Waals surface area contributed by atoms with Crippen LogP contribution in [0.15, 0.2) is 42.6 Å². The summed E-state index contributed by atoms with van der Waals surface area (Å²) >= 11 is 0. The van der Waals surface area contributed by atoms with Crippen molar-refractivity contribution in [2.24, 2.45) is 13.0 Å². The maximum atomic E-state index is 14.6. The predicted molar refractivity (Wildman–Crippen MR) is 194 cm³/mol. The maximum absolute atomic E-state index is 14.6. The lowest BCUT2D eigenvalue weighted by Crippen LogP contribution is -2.58. The molecule has 288 valence electrons. The Morgan fingerprint density at radius 1 is 1.11 bits per heavy atom. The van der Waals surface area contributed by atoms with Gasteiger partial charge in [0.15, 0.2) is 0 Å². The molecule has 1 unspecified atom stereocenters. The molecule has 2 aromatic heterocycles. The highest BCUT2D eigenvalue weighted by atomic mass is 32.2. The normalized spacial score (nSPS) is 27.4. The van der Waals surface area contributed by atoms with E-state index in [1.807, 2.05) is 19.1 Å². The van der Waals surface area contributed by atoms with Crippen LogP contribution in [0.2, 0.25) is 0 Å². The standard InChI is InChI=1S/C37H45FN8O7S/c1-4-25-33(42-28-18-23(38)12-13-26(28)40-25)53-24-19-30-32(48)43-37(35(50)44-54(51,52)36(2)15-16-36)20-22(37)10-8-6-5-7-9-11-27(34(49)46(30)21-24)41-31(47)29-14-17-39-45(29)3/h8,10,12-14,17-18,22,24,27,30H,4-7,9,11,15-16,19-21H2,1-3H3,(H,41,47)(H,43,48)(H,44,50)/b10-8-/t22?,24-,27+,30+,37-/m1/s1. The van der Waals surface area contributed by atoms with E-state index >= 15 is 0 Å². The fourth-order valence-corrected chi connectivity index (χ4v) is 8.62. The van der Waals surface area contributed by atoms with Crippen molar-refractivity contribution in [2.75, 3.05) is 6.54 Å². The molecule has 2 aliphatic carbocycles. The summed E-state index contributed by atoms with van der Waals surface area (Å²) in [6.45, 7) is 3.37. The molecule has 2 saturated carbocycles. The minimum Gasteiger partial charge on any atom is -0.471 e. The van der Waals surface area contributed by atoms with E-state index in [1.54, 1.807) is 14.0 Å². The third-order valence-electron chi connectivity index (χ3n) is 11.1. The molecule has 4 heterocycles. The van der Waals surface area contributed by atoms with Gasteiger partial charge in [0.1, 0.15) is 40.9 Å². The molecule has 7 rings (SSSR count). The number of benzene rings is 1. The van der Waals surface area contributed by atoms with Crippen LogP contribution in [0.25, 0.3) is 11.0 Å². The molecular formula is C37H45FN8O7S. The van der Waals surface area contributed by atoms with Crippen molar-refractivity contribution in [3.63, 3.8) is 0 Å². The summed E-state index contributed by atoms with van der Waals surface area (Å²) < 4.78 is 49.3. The summed E-state index contributed by atoms with van der Waals surface area (Å²) in [6.07, 6.45) is 9.03. The van der Waals surface area contributed by atoms with Gasteiger partial charge in [-0.05, 0) is 70.1 Å². The lowest BCUT2D eigenvalue weighted by Gasteiger charge is -2.30. The van der Waals surface area contributed by atoms with Crippen molar-refractivity contribution in [3.8, 4) is 5.88 Å². The number of aryl methyl sites for hydroxylation is 2. The second-order valence-corrected chi connectivity index (χ2v) is 17.2. The van der Waals surface area contributed by atoms with Crippen molar-refractivity contribution in [3.05, 3.63) is 59.8 Å². The molecule has 0 spiro atoms. The Hall–Kier alpha value is -4.93. The fourth-order valence-electron chi connectivity index (χ4n) is 7.31. The minimum atomic E-state index is -4.01. The van der Waals surface area contributed by atoms with Crippen LogP contribution in [0.3, 0.4) is 0 Å². The molecule has 3 fully saturated rings. The average molecular weight is 765 g/mol. The summed E-state index contributed by atoms with van der Waals surface area (Å²) in [5.74, 6) is -3.32. The number of halogens is 1. The molecule has 2 aliphatic heterocycles. The van der Waals surface area contributed by atoms with E-state index in [0.29, 0.717) is 49.7 Å². The van der Waals surface area contributed by atoms with Crippen molar-refractivity contribution in [1.82, 2.24) is 40.0 Å². The lowest BCUT2D eigenvalue weighted by molar-refractivity contribution is -0.141. The molecule has 1 saturated heterocycles. The third-order valence-corrected chi connectivity index (χ3v) is 13.3. The third kappa shape index (κ3) is 7.29. The van der Waals surface area contributed by atoms with Gasteiger partial charge in [-0.1, -0.05) is 31.9 Å². The second-order valence-electron chi connectivity index (χ2n) is 15.0. The van der Waals surface area contributed by atoms with Gasteiger partial charge in [-0.15, -0.1) is 0 Å². The number of rotatable bonds is 8. The Morgan fingerprint density at radius 2 is 1.91 bits per heavy atom. The number of amides is 4. The van der Waals surface area contributed by atoms with Gasteiger partial charge < -0.3 is 20.3 Å². The Labute approximate surface area is 312 Å². The molecule has 0 bridgehead atoms. The van der Waals surface area contributed by atoms with Crippen LogP contribution in [0.4, 0.5) is 4.39 Å². The molecule has 5 atom stereocenters. The summed E-state index contributed by atoms with van der Waals surface area (Å²) in [4.78, 5) is 66.7. The van der Waals surface area contributed by atoms with Crippen LogP contribution in [-0.2, 0) is 37.9 Å². The number of ether oxygens (including phenoxy) is 1. The summed E-state index contributed by atoms with van der Waals surface area (Å²) in [7, 11) is -2.39. The monoisotopic (exact) mass is 764 g/mol. The quantitative estimate of drug-likeness (QED) is 0.287. The van der Waals surface area contributed by atoms with Crippen LogP contribution in [-0.4, -0.2) is 91.7 Å². The summed E-state index contributed by atoms with van der Waals surface area (Å²) in [5, 5.41) is 9.79. The number of carbonyl (C=O) groups is 4. The Kier molecular flexibility index (Phi) is 9.95. The number of aromatic nitrogens is 4. The van der Waals surface area contributed by atoms with E-state index < -0.39 is 73.9 Å². The van der Waals surface area contributed by atoms with Crippen molar-refractivity contribution < 1.29 is 36.7 Å².